The van der Waals surface area contributed by atoms with Crippen molar-refractivity contribution in [2.24, 2.45) is 10.7 Å². The molecule has 0 unspecified atom stereocenters. The summed E-state index contributed by atoms with van der Waals surface area (Å²) in [6.07, 6.45) is 3.60. The number of hydrogen-bond acceptors (Lipinski definition) is 5. The van der Waals surface area contributed by atoms with Crippen molar-refractivity contribution in [1.82, 2.24) is 14.9 Å². The van der Waals surface area contributed by atoms with Gasteiger partial charge in [0.15, 0.2) is 0 Å². The lowest BCUT2D eigenvalue weighted by Gasteiger charge is -2.12. The molecule has 0 amide bonds. The van der Waals surface area contributed by atoms with Gasteiger partial charge in [-0.15, -0.1) is 0 Å². The van der Waals surface area contributed by atoms with Gasteiger partial charge in [0.25, 0.3) is 0 Å². The summed E-state index contributed by atoms with van der Waals surface area (Å²) < 4.78 is 0. The summed E-state index contributed by atoms with van der Waals surface area (Å²) in [5.41, 5.74) is 13.8. The maximum absolute atomic E-state index is 6.51. The SMILES string of the molecule is CN=CC(=C(N)c1ccc(CN(C)C)cc1)c1cnc2ccc(C)nc2c1. The maximum atomic E-state index is 6.51. The number of rotatable bonds is 5. The molecule has 0 saturated heterocycles. The molecule has 0 aliphatic heterocycles. The maximum Gasteiger partial charge on any atom is 0.0896 e. The molecule has 0 aliphatic carbocycles. The number of nitrogens with zero attached hydrogens (tertiary/aromatic N) is 4. The molecule has 3 aromatic rings. The molecule has 27 heavy (non-hydrogen) atoms. The first-order chi connectivity index (χ1) is 13.0. The minimum Gasteiger partial charge on any atom is -0.398 e. The highest BCUT2D eigenvalue weighted by Crippen LogP contribution is 2.24. The van der Waals surface area contributed by atoms with Crippen LogP contribution in [0.3, 0.4) is 0 Å². The normalized spacial score (nSPS) is 12.8. The largest absolute Gasteiger partial charge is 0.398 e. The Morgan fingerprint density at radius 2 is 1.81 bits per heavy atom. The zero-order chi connectivity index (χ0) is 19.4. The van der Waals surface area contributed by atoms with Crippen LogP contribution in [0.25, 0.3) is 22.3 Å². The van der Waals surface area contributed by atoms with Gasteiger partial charge in [-0.2, -0.15) is 0 Å². The van der Waals surface area contributed by atoms with E-state index >= 15 is 0 Å². The lowest BCUT2D eigenvalue weighted by molar-refractivity contribution is 0.402. The van der Waals surface area contributed by atoms with Gasteiger partial charge in [-0.25, -0.2) is 0 Å². The predicted molar refractivity (Wildman–Crippen MR) is 114 cm³/mol. The van der Waals surface area contributed by atoms with Crippen molar-refractivity contribution in [3.63, 3.8) is 0 Å². The average molecular weight is 359 g/mol. The molecule has 5 heteroatoms. The van der Waals surface area contributed by atoms with Gasteiger partial charge in [-0.3, -0.25) is 15.0 Å². The molecule has 0 aliphatic rings. The second-order valence-corrected chi connectivity index (χ2v) is 6.86. The van der Waals surface area contributed by atoms with E-state index in [1.165, 1.54) is 5.56 Å². The van der Waals surface area contributed by atoms with E-state index in [0.717, 1.165) is 40.0 Å². The Hall–Kier alpha value is -3.05. The van der Waals surface area contributed by atoms with E-state index in [1.54, 1.807) is 13.3 Å². The number of allylic oxidation sites excluding steroid dienone is 1. The van der Waals surface area contributed by atoms with Crippen molar-refractivity contribution >= 4 is 28.5 Å². The number of aliphatic imine (C=N–C) groups is 1. The van der Waals surface area contributed by atoms with Crippen LogP contribution in [0.4, 0.5) is 0 Å². The van der Waals surface area contributed by atoms with Crippen molar-refractivity contribution in [2.45, 2.75) is 13.5 Å². The van der Waals surface area contributed by atoms with E-state index < -0.39 is 0 Å². The second-order valence-electron chi connectivity index (χ2n) is 6.86. The number of aryl methyl sites for hydroxylation is 1. The van der Waals surface area contributed by atoms with E-state index in [0.29, 0.717) is 5.70 Å². The smallest absolute Gasteiger partial charge is 0.0896 e. The van der Waals surface area contributed by atoms with Crippen molar-refractivity contribution in [3.8, 4) is 0 Å². The van der Waals surface area contributed by atoms with Gasteiger partial charge >= 0.3 is 0 Å². The molecule has 0 atom stereocenters. The highest BCUT2D eigenvalue weighted by molar-refractivity contribution is 6.19. The Balaban J connectivity index is 2.05. The van der Waals surface area contributed by atoms with E-state index in [2.05, 4.69) is 58.2 Å². The van der Waals surface area contributed by atoms with Gasteiger partial charge in [-0.05, 0) is 50.3 Å². The predicted octanol–water partition coefficient (Wildman–Crippen LogP) is 3.53. The summed E-state index contributed by atoms with van der Waals surface area (Å²) in [7, 11) is 5.85. The van der Waals surface area contributed by atoms with Crippen LogP contribution < -0.4 is 5.73 Å². The van der Waals surface area contributed by atoms with Crippen LogP contribution >= 0.6 is 0 Å². The van der Waals surface area contributed by atoms with Gasteiger partial charge in [0, 0.05) is 48.5 Å². The number of aromatic nitrogens is 2. The first kappa shape index (κ1) is 18.7. The molecule has 2 aromatic heterocycles. The third-order valence-electron chi connectivity index (χ3n) is 4.30. The molecular formula is C22H25N5. The van der Waals surface area contributed by atoms with E-state index in [1.807, 2.05) is 31.3 Å². The van der Waals surface area contributed by atoms with Crippen LogP contribution in [0.15, 0.2) is 53.7 Å². The van der Waals surface area contributed by atoms with Crippen molar-refractivity contribution in [1.29, 1.82) is 0 Å². The topological polar surface area (TPSA) is 67.4 Å². The summed E-state index contributed by atoms with van der Waals surface area (Å²) in [6.45, 7) is 2.87. The van der Waals surface area contributed by atoms with Gasteiger partial charge in [0.05, 0.1) is 11.0 Å². The lowest BCUT2D eigenvalue weighted by atomic mass is 10.0. The Labute approximate surface area is 160 Å². The lowest BCUT2D eigenvalue weighted by Crippen LogP contribution is -2.10. The molecule has 5 nitrogen and oxygen atoms in total. The molecule has 0 bridgehead atoms. The number of fused-ring (bicyclic) bond motifs is 1. The summed E-state index contributed by atoms with van der Waals surface area (Å²) >= 11 is 0. The van der Waals surface area contributed by atoms with E-state index in [4.69, 9.17) is 5.73 Å². The second kappa shape index (κ2) is 8.10. The van der Waals surface area contributed by atoms with Gasteiger partial charge in [0.1, 0.15) is 0 Å². The quantitative estimate of drug-likeness (QED) is 0.708. The standard InChI is InChI=1S/C22H25N5/c1-15-5-10-20-21(26-15)11-18(12-25-20)19(13-24-2)22(23)17-8-6-16(7-9-17)14-27(3)4/h5-13H,14,23H2,1-4H3. The molecule has 0 radical (unpaired) electrons. The van der Waals surface area contributed by atoms with Crippen LogP contribution in [-0.2, 0) is 6.54 Å². The average Bonchev–Trinajstić information content (AvgIpc) is 2.65. The Morgan fingerprint density at radius 3 is 2.48 bits per heavy atom. The fraction of sp³-hybridized carbons (Fsp3) is 0.227. The third kappa shape index (κ3) is 4.38. The van der Waals surface area contributed by atoms with Crippen LogP contribution in [0.1, 0.15) is 22.4 Å². The molecule has 0 fully saturated rings. The summed E-state index contributed by atoms with van der Waals surface area (Å²) in [5.74, 6) is 0. The molecule has 1 aromatic carbocycles. The van der Waals surface area contributed by atoms with E-state index in [-0.39, 0.29) is 0 Å². The number of nitrogens with two attached hydrogens (primary N) is 1. The van der Waals surface area contributed by atoms with Gasteiger partial charge in [-0.1, -0.05) is 24.3 Å². The Morgan fingerprint density at radius 1 is 1.07 bits per heavy atom. The monoisotopic (exact) mass is 359 g/mol. The van der Waals surface area contributed by atoms with Crippen molar-refractivity contribution in [3.05, 3.63) is 71.0 Å². The zero-order valence-corrected chi connectivity index (χ0v) is 16.3. The molecule has 0 spiro atoms. The minimum atomic E-state index is 0.672. The molecule has 2 N–H and O–H groups in total. The van der Waals surface area contributed by atoms with Crippen molar-refractivity contribution < 1.29 is 0 Å². The van der Waals surface area contributed by atoms with Crippen molar-refractivity contribution in [2.75, 3.05) is 21.1 Å². The summed E-state index contributed by atoms with van der Waals surface area (Å²) in [4.78, 5) is 15.4. The summed E-state index contributed by atoms with van der Waals surface area (Å²) in [6, 6.07) is 14.3. The highest BCUT2D eigenvalue weighted by atomic mass is 15.0. The Bertz CT molecular complexity index is 1000. The molecule has 0 saturated carbocycles. The van der Waals surface area contributed by atoms with Gasteiger partial charge in [0.2, 0.25) is 0 Å². The first-order valence-electron chi connectivity index (χ1n) is 8.87. The molecule has 3 rings (SSSR count). The van der Waals surface area contributed by atoms with Crippen LogP contribution in [-0.4, -0.2) is 42.2 Å². The third-order valence-corrected chi connectivity index (χ3v) is 4.30. The minimum absolute atomic E-state index is 0.672. The molecular weight excluding hydrogens is 334 g/mol. The fourth-order valence-electron chi connectivity index (χ4n) is 2.99. The highest BCUT2D eigenvalue weighted by Gasteiger charge is 2.10. The molecule has 138 valence electrons. The van der Waals surface area contributed by atoms with Crippen LogP contribution in [0, 0.1) is 6.92 Å². The fourth-order valence-corrected chi connectivity index (χ4v) is 2.99. The molecule has 2 heterocycles. The number of benzene rings is 1. The van der Waals surface area contributed by atoms with Gasteiger partial charge < -0.3 is 10.6 Å². The number of hydrogen-bond donors (Lipinski definition) is 1. The zero-order valence-electron chi connectivity index (χ0n) is 16.3. The van der Waals surface area contributed by atoms with Crippen LogP contribution in [0.5, 0.6) is 0 Å². The number of pyridine rings is 2. The van der Waals surface area contributed by atoms with E-state index in [9.17, 15) is 0 Å². The first-order valence-corrected chi connectivity index (χ1v) is 8.87. The summed E-state index contributed by atoms with van der Waals surface area (Å²) in [5, 5.41) is 0. The Kier molecular flexibility index (Phi) is 5.62. The van der Waals surface area contributed by atoms with Crippen LogP contribution in [0.2, 0.25) is 0 Å².